The second-order valence-corrected chi connectivity index (χ2v) is 3.52. The van der Waals surface area contributed by atoms with Gasteiger partial charge in [0.05, 0.1) is 11.5 Å². The number of nitriles is 1. The molecule has 0 amide bonds. The highest BCUT2D eigenvalue weighted by molar-refractivity contribution is 5.58. The minimum atomic E-state index is -0.657. The number of phenolic OH excluding ortho intramolecular Hbond substituents is 3. The van der Waals surface area contributed by atoms with Crippen molar-refractivity contribution in [1.82, 2.24) is 0 Å². The van der Waals surface area contributed by atoms with E-state index in [0.29, 0.717) is 18.4 Å². The van der Waals surface area contributed by atoms with Crippen LogP contribution >= 0.6 is 0 Å². The van der Waals surface area contributed by atoms with Crippen molar-refractivity contribution in [1.29, 1.82) is 5.26 Å². The van der Waals surface area contributed by atoms with Gasteiger partial charge in [-0.2, -0.15) is 5.26 Å². The lowest BCUT2D eigenvalue weighted by molar-refractivity contribution is 0.364. The molecule has 4 heteroatoms. The van der Waals surface area contributed by atoms with E-state index in [1.807, 2.05) is 0 Å². The molecule has 0 spiro atoms. The van der Waals surface area contributed by atoms with Crippen molar-refractivity contribution in [2.45, 2.75) is 18.3 Å². The van der Waals surface area contributed by atoms with Crippen LogP contribution in [0.5, 0.6) is 17.2 Å². The molecule has 14 heavy (non-hydrogen) atoms. The largest absolute Gasteiger partial charge is 0.504 e. The first-order valence-corrected chi connectivity index (χ1v) is 4.26. The first-order chi connectivity index (χ1) is 6.60. The van der Waals surface area contributed by atoms with Gasteiger partial charge in [-0.25, -0.2) is 0 Å². The van der Waals surface area contributed by atoms with Crippen LogP contribution in [-0.4, -0.2) is 15.3 Å². The van der Waals surface area contributed by atoms with E-state index in [1.54, 1.807) is 0 Å². The van der Waals surface area contributed by atoms with Gasteiger partial charge in [-0.1, -0.05) is 0 Å². The summed E-state index contributed by atoms with van der Waals surface area (Å²) in [5.74, 6) is -1.31. The molecule has 0 bridgehead atoms. The third-order valence-electron chi connectivity index (χ3n) is 2.61. The molecule has 0 heterocycles. The first-order valence-electron chi connectivity index (χ1n) is 4.26. The maximum absolute atomic E-state index is 9.52. The second-order valence-electron chi connectivity index (χ2n) is 3.52. The summed E-state index contributed by atoms with van der Waals surface area (Å²) in [6.07, 6.45) is 1.36. The third kappa shape index (κ3) is 0.990. The van der Waals surface area contributed by atoms with Crippen LogP contribution in [0.25, 0.3) is 0 Å². The van der Waals surface area contributed by atoms with Crippen LogP contribution in [0.15, 0.2) is 12.1 Å². The fourth-order valence-electron chi connectivity index (χ4n) is 1.52. The van der Waals surface area contributed by atoms with Crippen LogP contribution < -0.4 is 0 Å². The summed E-state index contributed by atoms with van der Waals surface area (Å²) in [6.45, 7) is 0. The molecule has 1 saturated carbocycles. The van der Waals surface area contributed by atoms with Crippen LogP contribution in [0, 0.1) is 11.3 Å². The van der Waals surface area contributed by atoms with Crippen molar-refractivity contribution in [3.63, 3.8) is 0 Å². The summed E-state index contributed by atoms with van der Waals surface area (Å²) in [7, 11) is 0. The van der Waals surface area contributed by atoms with E-state index < -0.39 is 11.2 Å². The van der Waals surface area contributed by atoms with Crippen molar-refractivity contribution >= 4 is 0 Å². The smallest absolute Gasteiger partial charge is 0.200 e. The van der Waals surface area contributed by atoms with Crippen LogP contribution in [0.4, 0.5) is 0 Å². The van der Waals surface area contributed by atoms with Crippen LogP contribution in [0.2, 0.25) is 0 Å². The molecule has 3 N–H and O–H groups in total. The molecule has 0 saturated heterocycles. The zero-order valence-electron chi connectivity index (χ0n) is 7.36. The maximum Gasteiger partial charge on any atom is 0.200 e. The van der Waals surface area contributed by atoms with E-state index in [0.717, 1.165) is 0 Å². The van der Waals surface area contributed by atoms with E-state index in [1.165, 1.54) is 12.1 Å². The number of aromatic hydroxyl groups is 3. The highest BCUT2D eigenvalue weighted by Crippen LogP contribution is 2.53. The molecule has 0 aliphatic heterocycles. The van der Waals surface area contributed by atoms with Gasteiger partial charge < -0.3 is 15.3 Å². The Balaban J connectivity index is 2.57. The van der Waals surface area contributed by atoms with Crippen molar-refractivity contribution in [3.8, 4) is 23.3 Å². The van der Waals surface area contributed by atoms with E-state index >= 15 is 0 Å². The Labute approximate surface area is 80.7 Å². The molecule has 0 radical (unpaired) electrons. The molecule has 0 aromatic heterocycles. The highest BCUT2D eigenvalue weighted by Gasteiger charge is 2.47. The molecule has 1 fully saturated rings. The Bertz CT molecular complexity index is 430. The quantitative estimate of drug-likeness (QED) is 0.585. The minimum absolute atomic E-state index is 0.375. The average molecular weight is 191 g/mol. The number of hydrogen-bond donors (Lipinski definition) is 3. The molecule has 2 rings (SSSR count). The van der Waals surface area contributed by atoms with Gasteiger partial charge in [-0.05, 0) is 25.0 Å². The number of nitrogens with zero attached hydrogens (tertiary/aromatic N) is 1. The third-order valence-corrected chi connectivity index (χ3v) is 2.61. The molecular weight excluding hydrogens is 182 g/mol. The normalized spacial score (nSPS) is 17.4. The monoisotopic (exact) mass is 191 g/mol. The van der Waals surface area contributed by atoms with Gasteiger partial charge in [0.25, 0.3) is 0 Å². The van der Waals surface area contributed by atoms with Gasteiger partial charge in [-0.15, -0.1) is 0 Å². The lowest BCUT2D eigenvalue weighted by Gasteiger charge is -2.10. The number of phenols is 3. The molecule has 1 aliphatic carbocycles. The van der Waals surface area contributed by atoms with Gasteiger partial charge >= 0.3 is 0 Å². The number of hydrogen-bond acceptors (Lipinski definition) is 4. The maximum atomic E-state index is 9.52. The zero-order valence-corrected chi connectivity index (χ0v) is 7.36. The predicted octanol–water partition coefficient (Wildman–Crippen LogP) is 1.36. The van der Waals surface area contributed by atoms with E-state index in [9.17, 15) is 10.2 Å². The topological polar surface area (TPSA) is 84.5 Å². The molecule has 0 atom stereocenters. The van der Waals surface area contributed by atoms with Gasteiger partial charge in [-0.3, -0.25) is 0 Å². The van der Waals surface area contributed by atoms with Gasteiger partial charge in [0.15, 0.2) is 11.5 Å². The lowest BCUT2D eigenvalue weighted by Crippen LogP contribution is -2.02. The Kier molecular flexibility index (Phi) is 1.58. The van der Waals surface area contributed by atoms with Crippen molar-refractivity contribution < 1.29 is 15.3 Å². The van der Waals surface area contributed by atoms with Gasteiger partial charge in [0, 0.05) is 5.56 Å². The van der Waals surface area contributed by atoms with Gasteiger partial charge in [0.1, 0.15) is 0 Å². The minimum Gasteiger partial charge on any atom is -0.504 e. The molecule has 72 valence electrons. The van der Waals surface area contributed by atoms with Crippen molar-refractivity contribution in [3.05, 3.63) is 17.7 Å². The van der Waals surface area contributed by atoms with Crippen LogP contribution in [0.3, 0.4) is 0 Å². The standard InChI is InChI=1S/C10H9NO3/c11-5-10(3-4-10)6-1-2-7(12)9(14)8(6)13/h1-2,12-14H,3-4H2. The molecule has 0 unspecified atom stereocenters. The average Bonchev–Trinajstić information content (AvgIpc) is 2.95. The number of rotatable bonds is 1. The Morgan fingerprint density at radius 1 is 1.14 bits per heavy atom. The Hall–Kier alpha value is -1.89. The van der Waals surface area contributed by atoms with Crippen molar-refractivity contribution in [2.24, 2.45) is 0 Å². The number of benzene rings is 1. The molecule has 1 aliphatic rings. The van der Waals surface area contributed by atoms with Crippen LogP contribution in [-0.2, 0) is 5.41 Å². The lowest BCUT2D eigenvalue weighted by atomic mass is 9.96. The van der Waals surface area contributed by atoms with Gasteiger partial charge in [0.2, 0.25) is 5.75 Å². The molecule has 1 aromatic carbocycles. The van der Waals surface area contributed by atoms with Crippen LogP contribution in [0.1, 0.15) is 18.4 Å². The fourth-order valence-corrected chi connectivity index (χ4v) is 1.52. The van der Waals surface area contributed by atoms with E-state index in [4.69, 9.17) is 10.4 Å². The molecular formula is C10H9NO3. The first kappa shape index (κ1) is 8.70. The summed E-state index contributed by atoms with van der Waals surface area (Å²) in [5, 5.41) is 36.8. The van der Waals surface area contributed by atoms with Crippen molar-refractivity contribution in [2.75, 3.05) is 0 Å². The summed E-state index contributed by atoms with van der Waals surface area (Å²) in [4.78, 5) is 0. The SMILES string of the molecule is N#CC1(c2ccc(O)c(O)c2O)CC1. The summed E-state index contributed by atoms with van der Waals surface area (Å²) >= 11 is 0. The Morgan fingerprint density at radius 3 is 2.29 bits per heavy atom. The van der Waals surface area contributed by atoms with E-state index in [2.05, 4.69) is 6.07 Å². The molecule has 4 nitrogen and oxygen atoms in total. The zero-order chi connectivity index (χ0) is 10.3. The summed E-state index contributed by atoms with van der Waals surface area (Å²) in [6, 6.07) is 4.86. The fraction of sp³-hybridized carbons (Fsp3) is 0.300. The Morgan fingerprint density at radius 2 is 1.79 bits per heavy atom. The molecule has 1 aromatic rings. The second kappa shape index (κ2) is 2.55. The summed E-state index contributed by atoms with van der Waals surface area (Å²) in [5.41, 5.74) is -0.259. The predicted molar refractivity (Wildman–Crippen MR) is 48.0 cm³/mol. The van der Waals surface area contributed by atoms with E-state index in [-0.39, 0.29) is 11.5 Å². The highest BCUT2D eigenvalue weighted by atomic mass is 16.3. The summed E-state index contributed by atoms with van der Waals surface area (Å²) < 4.78 is 0.